The highest BCUT2D eigenvalue weighted by molar-refractivity contribution is 7.80. The van der Waals surface area contributed by atoms with E-state index in [1.165, 1.54) is 7.11 Å². The number of aryl methyl sites for hydroxylation is 1. The molecule has 0 fully saturated rings. The van der Waals surface area contributed by atoms with Crippen LogP contribution < -0.4 is 10.6 Å². The Balaban J connectivity index is 3.12. The Kier molecular flexibility index (Phi) is 4.68. The maximum atomic E-state index is 11.5. The van der Waals surface area contributed by atoms with Gasteiger partial charge < -0.3 is 19.8 Å². The van der Waals surface area contributed by atoms with Crippen molar-refractivity contribution < 1.29 is 13.9 Å². The number of nitrogens with one attached hydrogen (secondary N) is 2. The average molecular weight is 267 g/mol. The van der Waals surface area contributed by atoms with Gasteiger partial charge in [-0.2, -0.15) is 5.26 Å². The Hall–Kier alpha value is -2.07. The third-order valence-electron chi connectivity index (χ3n) is 2.15. The van der Waals surface area contributed by atoms with E-state index in [0.717, 1.165) is 0 Å². The van der Waals surface area contributed by atoms with Crippen LogP contribution in [0.3, 0.4) is 0 Å². The van der Waals surface area contributed by atoms with E-state index in [2.05, 4.69) is 15.4 Å². The van der Waals surface area contributed by atoms with Gasteiger partial charge in [0.2, 0.25) is 5.88 Å². The van der Waals surface area contributed by atoms with Gasteiger partial charge in [-0.3, -0.25) is 0 Å². The number of furan rings is 1. The second kappa shape index (κ2) is 6.02. The second-order valence-corrected chi connectivity index (χ2v) is 3.73. The molecule has 0 aliphatic rings. The van der Waals surface area contributed by atoms with Crippen LogP contribution >= 0.6 is 12.2 Å². The number of nitrogens with zero attached hydrogens (tertiary/aromatic N) is 1. The van der Waals surface area contributed by atoms with Gasteiger partial charge in [0.05, 0.1) is 7.11 Å². The molecule has 0 spiro atoms. The molecule has 0 aromatic carbocycles. The number of hydrogen-bond acceptors (Lipinski definition) is 5. The van der Waals surface area contributed by atoms with E-state index < -0.39 is 5.97 Å². The monoisotopic (exact) mass is 267 g/mol. The van der Waals surface area contributed by atoms with Crippen LogP contribution in [0.4, 0.5) is 5.88 Å². The van der Waals surface area contributed by atoms with Gasteiger partial charge in [-0.15, -0.1) is 0 Å². The van der Waals surface area contributed by atoms with Crippen molar-refractivity contribution in [3.63, 3.8) is 0 Å². The van der Waals surface area contributed by atoms with E-state index in [1.54, 1.807) is 6.92 Å². The zero-order valence-electron chi connectivity index (χ0n) is 10.3. The number of methoxy groups -OCH3 is 1. The average Bonchev–Trinajstić information content (AvgIpc) is 2.64. The number of rotatable bonds is 3. The van der Waals surface area contributed by atoms with Crippen LogP contribution in [0.25, 0.3) is 0 Å². The molecule has 96 valence electrons. The lowest BCUT2D eigenvalue weighted by atomic mass is 10.1. The van der Waals surface area contributed by atoms with Crippen molar-refractivity contribution in [1.82, 2.24) is 5.32 Å². The fourth-order valence-electron chi connectivity index (χ4n) is 1.40. The van der Waals surface area contributed by atoms with Crippen LogP contribution in [-0.2, 0) is 4.74 Å². The maximum Gasteiger partial charge on any atom is 0.342 e. The molecule has 0 saturated heterocycles. The lowest BCUT2D eigenvalue weighted by molar-refractivity contribution is 0.0598. The number of esters is 1. The Labute approximate surface area is 110 Å². The van der Waals surface area contributed by atoms with Gasteiger partial charge in [-0.1, -0.05) is 0 Å². The van der Waals surface area contributed by atoms with Gasteiger partial charge in [-0.05, 0) is 26.1 Å². The minimum Gasteiger partial charge on any atom is -0.465 e. The highest BCUT2D eigenvalue weighted by Crippen LogP contribution is 2.26. The minimum atomic E-state index is -0.616. The summed E-state index contributed by atoms with van der Waals surface area (Å²) in [6, 6.07) is 1.90. The van der Waals surface area contributed by atoms with Crippen LogP contribution in [0.15, 0.2) is 4.42 Å². The number of nitriles is 1. The molecule has 0 unspecified atom stereocenters. The van der Waals surface area contributed by atoms with E-state index in [-0.39, 0.29) is 17.0 Å². The number of carbonyl (C=O) groups excluding carboxylic acids is 1. The fraction of sp³-hybridized carbons (Fsp3) is 0.364. The summed E-state index contributed by atoms with van der Waals surface area (Å²) in [6.45, 7) is 4.10. The first kappa shape index (κ1) is 14.0. The Morgan fingerprint density at radius 2 is 2.28 bits per heavy atom. The topological polar surface area (TPSA) is 87.3 Å². The van der Waals surface area contributed by atoms with Crippen molar-refractivity contribution in [3.05, 3.63) is 16.9 Å². The molecule has 7 heteroatoms. The number of ether oxygens (including phenoxy) is 1. The summed E-state index contributed by atoms with van der Waals surface area (Å²) in [4.78, 5) is 11.5. The van der Waals surface area contributed by atoms with Crippen LogP contribution in [-0.4, -0.2) is 24.7 Å². The van der Waals surface area contributed by atoms with Gasteiger partial charge in [0, 0.05) is 6.54 Å². The summed E-state index contributed by atoms with van der Waals surface area (Å²) in [5, 5.41) is 15.0. The summed E-state index contributed by atoms with van der Waals surface area (Å²) in [5.74, 6) is -0.170. The van der Waals surface area contributed by atoms with Gasteiger partial charge in [0.25, 0.3) is 0 Å². The zero-order valence-corrected chi connectivity index (χ0v) is 11.1. The van der Waals surface area contributed by atoms with Crippen molar-refractivity contribution >= 4 is 29.2 Å². The Morgan fingerprint density at radius 1 is 1.61 bits per heavy atom. The van der Waals surface area contributed by atoms with Gasteiger partial charge >= 0.3 is 5.97 Å². The van der Waals surface area contributed by atoms with Crippen molar-refractivity contribution in [3.8, 4) is 6.07 Å². The number of thiocarbonyl (C=S) groups is 1. The minimum absolute atomic E-state index is 0.0830. The first-order valence-electron chi connectivity index (χ1n) is 5.21. The van der Waals surface area contributed by atoms with E-state index in [4.69, 9.17) is 21.9 Å². The lowest BCUT2D eigenvalue weighted by Gasteiger charge is -2.05. The van der Waals surface area contributed by atoms with Gasteiger partial charge in [-0.25, -0.2) is 4.79 Å². The van der Waals surface area contributed by atoms with Gasteiger partial charge in [0.1, 0.15) is 23.0 Å². The van der Waals surface area contributed by atoms with Crippen LogP contribution in [0.1, 0.15) is 28.6 Å². The third kappa shape index (κ3) is 2.78. The quantitative estimate of drug-likeness (QED) is 0.634. The number of anilines is 1. The van der Waals surface area contributed by atoms with E-state index in [9.17, 15) is 4.79 Å². The summed E-state index contributed by atoms with van der Waals surface area (Å²) >= 11 is 4.98. The smallest absolute Gasteiger partial charge is 0.342 e. The molecule has 0 atom stereocenters. The summed E-state index contributed by atoms with van der Waals surface area (Å²) in [6.07, 6.45) is 0. The fourth-order valence-corrected chi connectivity index (χ4v) is 1.63. The van der Waals surface area contributed by atoms with Crippen molar-refractivity contribution in [1.29, 1.82) is 5.26 Å². The molecule has 0 bridgehead atoms. The first-order chi connectivity index (χ1) is 8.54. The van der Waals surface area contributed by atoms with Crippen molar-refractivity contribution in [2.45, 2.75) is 13.8 Å². The highest BCUT2D eigenvalue weighted by Gasteiger charge is 2.24. The van der Waals surface area contributed by atoms with Crippen LogP contribution in [0, 0.1) is 18.3 Å². The standard InChI is InChI=1S/C11H13N3O3S/c1-4-13-11(18)14-9-7(5-12)8(6(2)17-9)10(15)16-3/h4H2,1-3H3,(H2,13,14,18). The summed E-state index contributed by atoms with van der Waals surface area (Å²) in [7, 11) is 1.24. The van der Waals surface area contributed by atoms with Crippen LogP contribution in [0.5, 0.6) is 0 Å². The molecule has 1 rings (SSSR count). The molecule has 0 aliphatic carbocycles. The lowest BCUT2D eigenvalue weighted by Crippen LogP contribution is -2.28. The van der Waals surface area contributed by atoms with E-state index in [1.807, 2.05) is 13.0 Å². The normalized spacial score (nSPS) is 9.44. The first-order valence-corrected chi connectivity index (χ1v) is 5.62. The highest BCUT2D eigenvalue weighted by atomic mass is 32.1. The number of carbonyl (C=O) groups is 1. The molecule has 0 radical (unpaired) electrons. The molecule has 1 aromatic rings. The molecule has 1 heterocycles. The Morgan fingerprint density at radius 3 is 2.78 bits per heavy atom. The largest absolute Gasteiger partial charge is 0.465 e. The SMILES string of the molecule is CCNC(=S)Nc1oc(C)c(C(=O)OC)c1C#N. The predicted octanol–water partition coefficient (Wildman–Crippen LogP) is 1.55. The van der Waals surface area contributed by atoms with E-state index >= 15 is 0 Å². The predicted molar refractivity (Wildman–Crippen MR) is 69.4 cm³/mol. The van der Waals surface area contributed by atoms with Crippen molar-refractivity contribution in [2.24, 2.45) is 0 Å². The molecule has 0 saturated carbocycles. The van der Waals surface area contributed by atoms with E-state index in [0.29, 0.717) is 17.4 Å². The van der Waals surface area contributed by atoms with Crippen LogP contribution in [0.2, 0.25) is 0 Å². The molecule has 0 amide bonds. The molecular weight excluding hydrogens is 254 g/mol. The summed E-state index contributed by atoms with van der Waals surface area (Å²) < 4.78 is 9.91. The summed E-state index contributed by atoms with van der Waals surface area (Å²) in [5.41, 5.74) is 0.196. The number of hydrogen-bond donors (Lipinski definition) is 2. The molecule has 1 aromatic heterocycles. The zero-order chi connectivity index (χ0) is 13.7. The van der Waals surface area contributed by atoms with Gasteiger partial charge in [0.15, 0.2) is 5.11 Å². The van der Waals surface area contributed by atoms with Crippen molar-refractivity contribution in [2.75, 3.05) is 19.0 Å². The third-order valence-corrected chi connectivity index (χ3v) is 2.40. The molecular formula is C11H13N3O3S. The second-order valence-electron chi connectivity index (χ2n) is 3.33. The molecule has 0 aliphatic heterocycles. The molecule has 2 N–H and O–H groups in total. The Bertz CT molecular complexity index is 516. The maximum absolute atomic E-state index is 11.5. The molecule has 18 heavy (non-hydrogen) atoms. The molecule has 6 nitrogen and oxygen atoms in total.